The van der Waals surface area contributed by atoms with Crippen molar-refractivity contribution >= 4 is 39.1 Å². The van der Waals surface area contributed by atoms with Crippen molar-refractivity contribution in [2.45, 2.75) is 43.9 Å². The largest absolute Gasteiger partial charge is 0.481 e. The second-order valence-corrected chi connectivity index (χ2v) is 12.5. The lowest BCUT2D eigenvalue weighted by atomic mass is 9.93. The molecule has 3 aliphatic heterocycles. The molecule has 0 N–H and O–H groups in total. The van der Waals surface area contributed by atoms with Crippen LogP contribution in [0.5, 0.6) is 5.75 Å². The lowest BCUT2D eigenvalue weighted by Gasteiger charge is -2.30. The van der Waals surface area contributed by atoms with Crippen molar-refractivity contribution in [3.05, 3.63) is 92.4 Å². The van der Waals surface area contributed by atoms with Gasteiger partial charge < -0.3 is 14.0 Å². The Morgan fingerprint density at radius 3 is 2.93 bits per heavy atom. The Morgan fingerprint density at radius 1 is 1.07 bits per heavy atom. The number of halogens is 1. The number of fused-ring (bicyclic) bond motifs is 6. The third kappa shape index (κ3) is 3.25. The number of rotatable bonds is 3. The average molecular weight is 583 g/mol. The quantitative estimate of drug-likeness (QED) is 0.249. The van der Waals surface area contributed by atoms with Crippen molar-refractivity contribution in [3.63, 3.8) is 0 Å². The Morgan fingerprint density at radius 2 is 1.98 bits per heavy atom. The van der Waals surface area contributed by atoms with Crippen LogP contribution in [-0.4, -0.2) is 39.1 Å². The van der Waals surface area contributed by atoms with Crippen LogP contribution in [0.1, 0.15) is 62.3 Å². The number of hydrogen-bond donors (Lipinski definition) is 0. The third-order valence-corrected chi connectivity index (χ3v) is 10.2. The highest BCUT2D eigenvalue weighted by molar-refractivity contribution is 7.19. The Kier molecular flexibility index (Phi) is 5.01. The fourth-order valence-electron chi connectivity index (χ4n) is 6.96. The maximum atomic E-state index is 13.3. The number of amides is 1. The van der Waals surface area contributed by atoms with E-state index in [1.165, 1.54) is 5.56 Å². The number of benzene rings is 2. The SMILES string of the molecule is O=C1c2ccccc2C2(c3cc4ncnc(-c5cc(Cl)cc6c5O[C@@H](c5onc7c5CCCC7)C6)c4s3)OCCN12. The molecule has 2 atom stereocenters. The van der Waals surface area contributed by atoms with Crippen molar-refractivity contribution in [1.29, 1.82) is 0 Å². The molecule has 1 fully saturated rings. The summed E-state index contributed by atoms with van der Waals surface area (Å²) in [6.07, 6.45) is 6.16. The Labute approximate surface area is 243 Å². The Hall–Kier alpha value is -3.79. The number of carbonyl (C=O) groups excluding carboxylic acids is 1. The Balaban J connectivity index is 1.17. The van der Waals surface area contributed by atoms with Crippen LogP contribution in [0.15, 0.2) is 53.3 Å². The minimum absolute atomic E-state index is 0.0106. The number of ether oxygens (including phenoxy) is 2. The van der Waals surface area contributed by atoms with Gasteiger partial charge in [-0.2, -0.15) is 0 Å². The molecule has 0 radical (unpaired) electrons. The van der Waals surface area contributed by atoms with E-state index < -0.39 is 5.72 Å². The molecule has 8 nitrogen and oxygen atoms in total. The van der Waals surface area contributed by atoms with Gasteiger partial charge in [0.1, 0.15) is 12.1 Å². The van der Waals surface area contributed by atoms with Gasteiger partial charge in [-0.05, 0) is 49.9 Å². The number of aryl methyl sites for hydroxylation is 1. The molecule has 6 heterocycles. The first-order valence-corrected chi connectivity index (χ1v) is 15.1. The van der Waals surface area contributed by atoms with Crippen molar-refractivity contribution in [2.24, 2.45) is 0 Å². The molecule has 1 unspecified atom stereocenters. The lowest BCUT2D eigenvalue weighted by Crippen LogP contribution is -2.39. The summed E-state index contributed by atoms with van der Waals surface area (Å²) in [6, 6.07) is 13.6. The maximum absolute atomic E-state index is 13.3. The van der Waals surface area contributed by atoms with Gasteiger partial charge >= 0.3 is 0 Å². The lowest BCUT2D eigenvalue weighted by molar-refractivity contribution is -0.0275. The second kappa shape index (κ2) is 8.61. The predicted octanol–water partition coefficient (Wildman–Crippen LogP) is 6.24. The summed E-state index contributed by atoms with van der Waals surface area (Å²) < 4.78 is 19.8. The summed E-state index contributed by atoms with van der Waals surface area (Å²) >= 11 is 8.22. The van der Waals surface area contributed by atoms with Crippen molar-refractivity contribution in [2.75, 3.05) is 13.2 Å². The molecule has 10 heteroatoms. The molecular weight excluding hydrogens is 560 g/mol. The standard InChI is InChI=1S/C31H23ClN4O4S/c32-17-11-16-12-24(28-19-6-2-4-8-22(19)35-40-28)39-27(16)20(13-17)26-29-23(33-15-34-26)14-25(41-29)31-21-7-3-1-5-18(21)30(37)36(31)9-10-38-31/h1,3,5,7,11,13-15,24H,2,4,6,8-10,12H2/t24-,31?/m1/s1. The first kappa shape index (κ1) is 23.9. The van der Waals surface area contributed by atoms with E-state index in [2.05, 4.69) is 10.1 Å². The summed E-state index contributed by atoms with van der Waals surface area (Å²) in [5.41, 5.74) is 6.19. The molecule has 5 aromatic rings. The van der Waals surface area contributed by atoms with Crippen LogP contribution >= 0.6 is 22.9 Å². The van der Waals surface area contributed by atoms with Crippen molar-refractivity contribution < 1.29 is 18.8 Å². The van der Waals surface area contributed by atoms with Gasteiger partial charge in [0.05, 0.1) is 33.1 Å². The first-order valence-electron chi connectivity index (χ1n) is 13.9. The highest BCUT2D eigenvalue weighted by Gasteiger charge is 2.56. The molecule has 204 valence electrons. The van der Waals surface area contributed by atoms with Crippen LogP contribution in [0.3, 0.4) is 0 Å². The number of aromatic nitrogens is 3. The first-order chi connectivity index (χ1) is 20.1. The van der Waals surface area contributed by atoms with Gasteiger partial charge in [0.2, 0.25) is 5.72 Å². The van der Waals surface area contributed by atoms with Gasteiger partial charge in [-0.15, -0.1) is 11.3 Å². The summed E-state index contributed by atoms with van der Waals surface area (Å²) in [4.78, 5) is 25.4. The van der Waals surface area contributed by atoms with Crippen molar-refractivity contribution in [1.82, 2.24) is 20.0 Å². The number of nitrogens with zero attached hydrogens (tertiary/aromatic N) is 4. The van der Waals surface area contributed by atoms with Crippen LogP contribution in [0, 0.1) is 0 Å². The van der Waals surface area contributed by atoms with E-state index in [4.69, 9.17) is 30.6 Å². The van der Waals surface area contributed by atoms with E-state index in [0.717, 1.165) is 80.4 Å². The van der Waals surface area contributed by atoms with Crippen LogP contribution in [0.4, 0.5) is 0 Å². The number of thiophene rings is 1. The predicted molar refractivity (Wildman–Crippen MR) is 152 cm³/mol. The molecule has 0 saturated carbocycles. The molecule has 41 heavy (non-hydrogen) atoms. The summed E-state index contributed by atoms with van der Waals surface area (Å²) in [6.45, 7) is 0.998. The van der Waals surface area contributed by atoms with Crippen LogP contribution in [-0.2, 0) is 29.7 Å². The zero-order chi connectivity index (χ0) is 27.3. The molecule has 0 bridgehead atoms. The highest BCUT2D eigenvalue weighted by atomic mass is 35.5. The molecule has 3 aromatic heterocycles. The highest BCUT2D eigenvalue weighted by Crippen LogP contribution is 2.53. The molecule has 2 aromatic carbocycles. The molecule has 1 saturated heterocycles. The topological polar surface area (TPSA) is 90.6 Å². The van der Waals surface area contributed by atoms with Crippen LogP contribution in [0.25, 0.3) is 21.5 Å². The van der Waals surface area contributed by atoms with Gasteiger partial charge in [0.15, 0.2) is 11.9 Å². The zero-order valence-electron chi connectivity index (χ0n) is 21.9. The normalized spacial score (nSPS) is 22.5. The number of hydrogen-bond acceptors (Lipinski definition) is 8. The van der Waals surface area contributed by atoms with Gasteiger partial charge in [-0.25, -0.2) is 9.97 Å². The molecule has 1 aliphatic carbocycles. The monoisotopic (exact) mass is 582 g/mol. The van der Waals surface area contributed by atoms with Gasteiger partial charge in [0, 0.05) is 45.8 Å². The Bertz CT molecular complexity index is 1920. The molecule has 9 rings (SSSR count). The smallest absolute Gasteiger partial charge is 0.257 e. The zero-order valence-corrected chi connectivity index (χ0v) is 23.4. The van der Waals surface area contributed by atoms with Gasteiger partial charge in [-0.1, -0.05) is 35.0 Å². The van der Waals surface area contributed by atoms with E-state index >= 15 is 0 Å². The molecule has 0 spiro atoms. The fraction of sp³-hybridized carbons (Fsp3) is 0.290. The summed E-state index contributed by atoms with van der Waals surface area (Å²) in [5, 5.41) is 4.97. The average Bonchev–Trinajstić information content (AvgIpc) is 3.80. The summed E-state index contributed by atoms with van der Waals surface area (Å²) in [7, 11) is 0. The van der Waals surface area contributed by atoms with Crippen molar-refractivity contribution in [3.8, 4) is 17.0 Å². The van der Waals surface area contributed by atoms with Crippen LogP contribution in [0.2, 0.25) is 5.02 Å². The minimum atomic E-state index is -0.959. The summed E-state index contributed by atoms with van der Waals surface area (Å²) in [5.74, 6) is 1.57. The van der Waals surface area contributed by atoms with E-state index in [-0.39, 0.29) is 12.0 Å². The second-order valence-electron chi connectivity index (χ2n) is 11.0. The van der Waals surface area contributed by atoms with E-state index in [1.807, 2.05) is 47.4 Å². The molecule has 1 amide bonds. The van der Waals surface area contributed by atoms with E-state index in [9.17, 15) is 4.79 Å². The maximum Gasteiger partial charge on any atom is 0.257 e. The minimum Gasteiger partial charge on any atom is -0.481 e. The van der Waals surface area contributed by atoms with Gasteiger partial charge in [-0.3, -0.25) is 9.69 Å². The number of carbonyl (C=O) groups is 1. The molecule has 4 aliphatic rings. The van der Waals surface area contributed by atoms with E-state index in [1.54, 1.807) is 17.7 Å². The van der Waals surface area contributed by atoms with Gasteiger partial charge in [0.25, 0.3) is 5.91 Å². The fourth-order valence-corrected chi connectivity index (χ4v) is 8.49. The van der Waals surface area contributed by atoms with Crippen LogP contribution < -0.4 is 4.74 Å². The molecular formula is C31H23ClN4O4S. The third-order valence-electron chi connectivity index (χ3n) is 8.75. The van der Waals surface area contributed by atoms with E-state index in [0.29, 0.717) is 30.2 Å².